The average Bonchev–Trinajstić information content (AvgIpc) is 3.32. The number of aliphatic hydroxyl groups is 1. The molecule has 1 aliphatic rings. The van der Waals surface area contributed by atoms with Crippen LogP contribution in [0.3, 0.4) is 0 Å². The van der Waals surface area contributed by atoms with Crippen LogP contribution < -0.4 is 11.1 Å². The topological polar surface area (TPSA) is 135 Å². The number of carbonyl (C=O) groups is 2. The molecule has 0 spiro atoms. The summed E-state index contributed by atoms with van der Waals surface area (Å²) in [5.41, 5.74) is 5.68. The van der Waals surface area contributed by atoms with Crippen molar-refractivity contribution in [3.63, 3.8) is 0 Å². The number of nitrogens with one attached hydrogen (secondary N) is 1. The average molecular weight is 424 g/mol. The number of hydrogen-bond donors (Lipinski definition) is 3. The van der Waals surface area contributed by atoms with Gasteiger partial charge in [0.05, 0.1) is 12.1 Å². The van der Waals surface area contributed by atoms with E-state index in [-0.39, 0.29) is 35.0 Å². The van der Waals surface area contributed by atoms with Crippen molar-refractivity contribution in [3.8, 4) is 0 Å². The number of rotatable bonds is 7. The molecule has 1 aromatic rings. The van der Waals surface area contributed by atoms with Gasteiger partial charge < -0.3 is 25.5 Å². The fourth-order valence-electron chi connectivity index (χ4n) is 3.46. The first-order valence-electron chi connectivity index (χ1n) is 10.7. The maximum absolute atomic E-state index is 13.0. The largest absolute Gasteiger partial charge is 0.422 e. The molecule has 1 aliphatic heterocycles. The zero-order chi connectivity index (χ0) is 22.8. The summed E-state index contributed by atoms with van der Waals surface area (Å²) in [4.78, 5) is 27.3. The van der Waals surface area contributed by atoms with Crippen LogP contribution in [0.25, 0.3) is 0 Å². The van der Waals surface area contributed by atoms with E-state index in [2.05, 4.69) is 15.5 Å². The minimum absolute atomic E-state index is 0.0124. The van der Waals surface area contributed by atoms with E-state index in [0.29, 0.717) is 18.9 Å². The predicted octanol–water partition coefficient (Wildman–Crippen LogP) is 1.52. The van der Waals surface area contributed by atoms with Crippen molar-refractivity contribution in [2.75, 3.05) is 6.54 Å². The molecule has 0 bridgehead atoms. The van der Waals surface area contributed by atoms with Gasteiger partial charge in [0, 0.05) is 12.0 Å². The van der Waals surface area contributed by atoms with E-state index in [0.717, 1.165) is 6.42 Å². The Bertz CT molecular complexity index is 740. The fraction of sp³-hybridized carbons (Fsp3) is 0.810. The zero-order valence-corrected chi connectivity index (χ0v) is 19.2. The summed E-state index contributed by atoms with van der Waals surface area (Å²) >= 11 is 0. The number of amides is 2. The van der Waals surface area contributed by atoms with Gasteiger partial charge in [-0.25, -0.2) is 0 Å². The minimum Gasteiger partial charge on any atom is -0.422 e. The van der Waals surface area contributed by atoms with Gasteiger partial charge in [-0.2, -0.15) is 0 Å². The van der Waals surface area contributed by atoms with Crippen LogP contribution in [0.2, 0.25) is 0 Å². The standard InChI is InChI=1S/C21H37N5O4/c1-11(2)14(22)19(29)26-10-8-9-13(26)17(28)23-15(12(3)4)16(27)18-24-25-20(30-18)21(5,6)7/h11-16,27H,8-10,22H2,1-7H3,(H,23,28). The number of nitrogens with two attached hydrogens (primary N) is 1. The van der Waals surface area contributed by atoms with Crippen LogP contribution in [0.15, 0.2) is 4.42 Å². The van der Waals surface area contributed by atoms with E-state index in [1.165, 1.54) is 0 Å². The number of likely N-dealkylation sites (tertiary alicyclic amines) is 1. The highest BCUT2D eigenvalue weighted by Crippen LogP contribution is 2.27. The quantitative estimate of drug-likeness (QED) is 0.605. The van der Waals surface area contributed by atoms with E-state index in [4.69, 9.17) is 10.2 Å². The first-order valence-corrected chi connectivity index (χ1v) is 10.7. The number of carbonyl (C=O) groups excluding carboxylic acids is 2. The molecule has 0 saturated carbocycles. The molecule has 4 N–H and O–H groups in total. The summed E-state index contributed by atoms with van der Waals surface area (Å²) in [6, 6.07) is -1.87. The zero-order valence-electron chi connectivity index (χ0n) is 19.2. The van der Waals surface area contributed by atoms with E-state index in [9.17, 15) is 14.7 Å². The summed E-state index contributed by atoms with van der Waals surface area (Å²) in [6.07, 6.45) is 0.154. The second-order valence-electron chi connectivity index (χ2n) is 9.88. The Labute approximate surface area is 178 Å². The number of aliphatic hydroxyl groups excluding tert-OH is 1. The lowest BCUT2D eigenvalue weighted by molar-refractivity contribution is -0.140. The molecule has 9 nitrogen and oxygen atoms in total. The number of aromatic nitrogens is 2. The van der Waals surface area contributed by atoms with Crippen molar-refractivity contribution in [2.45, 2.75) is 91.0 Å². The number of nitrogens with zero attached hydrogens (tertiary/aromatic N) is 3. The second kappa shape index (κ2) is 9.43. The molecule has 4 atom stereocenters. The van der Waals surface area contributed by atoms with Gasteiger partial charge in [0.1, 0.15) is 6.04 Å². The Kier molecular flexibility index (Phi) is 7.63. The molecule has 0 radical (unpaired) electrons. The Morgan fingerprint density at radius 2 is 1.83 bits per heavy atom. The van der Waals surface area contributed by atoms with Crippen LogP contribution in [0, 0.1) is 11.8 Å². The van der Waals surface area contributed by atoms with Gasteiger partial charge in [-0.1, -0.05) is 48.5 Å². The van der Waals surface area contributed by atoms with Crippen molar-refractivity contribution in [3.05, 3.63) is 11.8 Å². The van der Waals surface area contributed by atoms with E-state index in [1.807, 2.05) is 48.5 Å². The van der Waals surface area contributed by atoms with Crippen LogP contribution in [0.5, 0.6) is 0 Å². The van der Waals surface area contributed by atoms with Gasteiger partial charge in [-0.05, 0) is 24.7 Å². The van der Waals surface area contributed by atoms with E-state index < -0.39 is 24.2 Å². The third kappa shape index (κ3) is 5.37. The first-order chi connectivity index (χ1) is 13.8. The van der Waals surface area contributed by atoms with Crippen LogP contribution >= 0.6 is 0 Å². The monoisotopic (exact) mass is 423 g/mol. The van der Waals surface area contributed by atoms with E-state index >= 15 is 0 Å². The van der Waals surface area contributed by atoms with Crippen molar-refractivity contribution in [1.82, 2.24) is 20.4 Å². The van der Waals surface area contributed by atoms with Crippen LogP contribution in [0.4, 0.5) is 0 Å². The molecule has 1 aromatic heterocycles. The molecule has 9 heteroatoms. The lowest BCUT2D eigenvalue weighted by atomic mass is 9.97. The highest BCUT2D eigenvalue weighted by molar-refractivity contribution is 5.90. The highest BCUT2D eigenvalue weighted by Gasteiger charge is 2.39. The van der Waals surface area contributed by atoms with Gasteiger partial charge in [-0.15, -0.1) is 10.2 Å². The first kappa shape index (κ1) is 24.3. The fourth-order valence-corrected chi connectivity index (χ4v) is 3.46. The third-order valence-electron chi connectivity index (χ3n) is 5.54. The molecular formula is C21H37N5O4. The summed E-state index contributed by atoms with van der Waals surface area (Å²) in [5.74, 6) is -0.138. The second-order valence-corrected chi connectivity index (χ2v) is 9.88. The molecular weight excluding hydrogens is 386 g/mol. The van der Waals surface area contributed by atoms with E-state index in [1.54, 1.807) is 4.90 Å². The molecule has 170 valence electrons. The molecule has 0 aromatic carbocycles. The molecule has 4 unspecified atom stereocenters. The van der Waals surface area contributed by atoms with Crippen molar-refractivity contribution >= 4 is 11.8 Å². The van der Waals surface area contributed by atoms with Crippen molar-refractivity contribution in [1.29, 1.82) is 0 Å². The molecule has 2 rings (SSSR count). The van der Waals surface area contributed by atoms with Gasteiger partial charge in [-0.3, -0.25) is 9.59 Å². The van der Waals surface area contributed by atoms with Gasteiger partial charge in [0.15, 0.2) is 6.10 Å². The lowest BCUT2D eigenvalue weighted by Crippen LogP contribution is -2.55. The summed E-state index contributed by atoms with van der Waals surface area (Å²) in [7, 11) is 0. The van der Waals surface area contributed by atoms with Gasteiger partial charge in [0.25, 0.3) is 0 Å². The lowest BCUT2D eigenvalue weighted by Gasteiger charge is -2.31. The Balaban J connectivity index is 2.15. The minimum atomic E-state index is -1.15. The SMILES string of the molecule is CC(C)C(N)C(=O)N1CCCC1C(=O)NC(C(C)C)C(O)c1nnc(C(C)(C)C)o1. The smallest absolute Gasteiger partial charge is 0.247 e. The molecule has 2 amide bonds. The van der Waals surface area contributed by atoms with Gasteiger partial charge >= 0.3 is 0 Å². The Hall–Kier alpha value is -2.00. The third-order valence-corrected chi connectivity index (χ3v) is 5.54. The maximum Gasteiger partial charge on any atom is 0.247 e. The highest BCUT2D eigenvalue weighted by atomic mass is 16.4. The summed E-state index contributed by atoms with van der Waals surface area (Å²) in [6.45, 7) is 13.9. The van der Waals surface area contributed by atoms with Gasteiger partial charge in [0.2, 0.25) is 23.6 Å². The normalized spacial score (nSPS) is 20.5. The van der Waals surface area contributed by atoms with Crippen molar-refractivity contribution in [2.24, 2.45) is 17.6 Å². The number of hydrogen-bond acceptors (Lipinski definition) is 7. The molecule has 1 fully saturated rings. The van der Waals surface area contributed by atoms with Crippen LogP contribution in [-0.4, -0.2) is 56.7 Å². The molecule has 0 aliphatic carbocycles. The molecule has 2 heterocycles. The molecule has 1 saturated heterocycles. The predicted molar refractivity (Wildman–Crippen MR) is 112 cm³/mol. The van der Waals surface area contributed by atoms with Crippen LogP contribution in [0.1, 0.15) is 79.2 Å². The molecule has 30 heavy (non-hydrogen) atoms. The Morgan fingerprint density at radius 3 is 2.33 bits per heavy atom. The van der Waals surface area contributed by atoms with Crippen molar-refractivity contribution < 1.29 is 19.1 Å². The Morgan fingerprint density at radius 1 is 1.20 bits per heavy atom. The summed E-state index contributed by atoms with van der Waals surface area (Å²) in [5, 5.41) is 21.8. The maximum atomic E-state index is 13.0. The summed E-state index contributed by atoms with van der Waals surface area (Å²) < 4.78 is 5.66. The van der Waals surface area contributed by atoms with Crippen LogP contribution in [-0.2, 0) is 15.0 Å².